The van der Waals surface area contributed by atoms with Crippen molar-refractivity contribution >= 4 is 10.0 Å². The zero-order chi connectivity index (χ0) is 14.8. The van der Waals surface area contributed by atoms with Crippen molar-refractivity contribution in [3.8, 4) is 0 Å². The van der Waals surface area contributed by atoms with Gasteiger partial charge in [0.25, 0.3) is 0 Å². The Morgan fingerprint density at radius 1 is 1.55 bits per heavy atom. The highest BCUT2D eigenvalue weighted by atomic mass is 32.2. The van der Waals surface area contributed by atoms with Crippen LogP contribution in [-0.4, -0.2) is 38.4 Å². The van der Waals surface area contributed by atoms with Gasteiger partial charge >= 0.3 is 0 Å². The molecule has 0 saturated heterocycles. The van der Waals surface area contributed by atoms with E-state index in [1.165, 1.54) is 0 Å². The molecule has 1 aromatic rings. The third-order valence-corrected chi connectivity index (χ3v) is 4.78. The molecule has 1 aliphatic carbocycles. The van der Waals surface area contributed by atoms with E-state index in [0.29, 0.717) is 24.9 Å². The molecule has 1 heterocycles. The maximum Gasteiger partial charge on any atom is 0.242 e. The third-order valence-electron chi connectivity index (χ3n) is 3.39. The summed E-state index contributed by atoms with van der Waals surface area (Å²) in [7, 11) is -1.94. The second kappa shape index (κ2) is 6.26. The number of hydrogen-bond acceptors (Lipinski definition) is 4. The van der Waals surface area contributed by atoms with Gasteiger partial charge in [-0.15, -0.1) is 0 Å². The van der Waals surface area contributed by atoms with Crippen molar-refractivity contribution in [1.82, 2.24) is 9.29 Å². The van der Waals surface area contributed by atoms with E-state index >= 15 is 0 Å². The molecule has 0 amide bonds. The lowest BCUT2D eigenvalue weighted by Crippen LogP contribution is -2.29. The van der Waals surface area contributed by atoms with E-state index in [0.717, 1.165) is 12.8 Å². The molecule has 1 atom stereocenters. The molecule has 114 valence electrons. The molecule has 0 radical (unpaired) electrons. The van der Waals surface area contributed by atoms with Crippen LogP contribution in [0.4, 0.5) is 0 Å². The first-order valence-corrected chi connectivity index (χ1v) is 8.26. The lowest BCUT2D eigenvalue weighted by atomic mass is 10.2. The van der Waals surface area contributed by atoms with Crippen molar-refractivity contribution in [2.75, 3.05) is 20.3 Å². The number of ether oxygens (including phenoxy) is 1. The summed E-state index contributed by atoms with van der Waals surface area (Å²) in [6.07, 6.45) is 3.70. The topological polar surface area (TPSA) is 80.6 Å². The van der Waals surface area contributed by atoms with Crippen molar-refractivity contribution in [3.63, 3.8) is 0 Å². The van der Waals surface area contributed by atoms with Crippen molar-refractivity contribution in [2.45, 2.75) is 37.3 Å². The smallest absolute Gasteiger partial charge is 0.242 e. The van der Waals surface area contributed by atoms with Crippen LogP contribution < -0.4 is 4.72 Å². The quantitative estimate of drug-likeness (QED) is 0.747. The highest BCUT2D eigenvalue weighted by molar-refractivity contribution is 7.89. The molecule has 6 nitrogen and oxygen atoms in total. The first-order valence-electron chi connectivity index (χ1n) is 6.78. The van der Waals surface area contributed by atoms with Gasteiger partial charge < -0.3 is 14.4 Å². The largest absolute Gasteiger partial charge is 0.390 e. The predicted molar refractivity (Wildman–Crippen MR) is 74.9 cm³/mol. The zero-order valence-electron chi connectivity index (χ0n) is 11.9. The van der Waals surface area contributed by atoms with Crippen LogP contribution in [0.5, 0.6) is 0 Å². The summed E-state index contributed by atoms with van der Waals surface area (Å²) in [5, 5.41) is 9.31. The number of hydrogen-bond donors (Lipinski definition) is 2. The molecule has 2 N–H and O–H groups in total. The molecule has 2 rings (SSSR count). The molecule has 0 aliphatic heterocycles. The van der Waals surface area contributed by atoms with Crippen LogP contribution in [0.1, 0.15) is 31.5 Å². The van der Waals surface area contributed by atoms with Gasteiger partial charge in [-0.05, 0) is 24.8 Å². The summed E-state index contributed by atoms with van der Waals surface area (Å²) in [4.78, 5) is 0.220. The monoisotopic (exact) mass is 302 g/mol. The van der Waals surface area contributed by atoms with Crippen molar-refractivity contribution in [3.05, 3.63) is 18.0 Å². The molecule has 1 unspecified atom stereocenters. The first-order chi connectivity index (χ1) is 9.47. The Labute approximate surface area is 119 Å². The molecule has 1 saturated carbocycles. The standard InChI is InChI=1S/C13H22N2O4S/c1-10(9-19-2)6-14-20(17,18)13-5-12(8-16)15(7-13)11-3-4-11/h5,7,10-11,14,16H,3-4,6,8-9H2,1-2H3. The summed E-state index contributed by atoms with van der Waals surface area (Å²) in [6, 6.07) is 1.88. The van der Waals surface area contributed by atoms with Crippen LogP contribution in [0.15, 0.2) is 17.2 Å². The van der Waals surface area contributed by atoms with Crippen LogP contribution in [0.2, 0.25) is 0 Å². The summed E-state index contributed by atoms with van der Waals surface area (Å²) in [5.74, 6) is 0.109. The number of aliphatic hydroxyl groups is 1. The van der Waals surface area contributed by atoms with E-state index < -0.39 is 10.0 Å². The van der Waals surface area contributed by atoms with Gasteiger partial charge in [0, 0.05) is 38.2 Å². The first kappa shape index (κ1) is 15.5. The molecule has 0 bridgehead atoms. The minimum absolute atomic E-state index is 0.109. The van der Waals surface area contributed by atoms with Crippen LogP contribution in [0.25, 0.3) is 0 Å². The third kappa shape index (κ3) is 3.60. The van der Waals surface area contributed by atoms with E-state index in [1.807, 2.05) is 11.5 Å². The SMILES string of the molecule is COCC(C)CNS(=O)(=O)c1cc(CO)n(C2CC2)c1. The Kier molecular flexibility index (Phi) is 4.85. The number of nitrogens with one attached hydrogen (secondary N) is 1. The maximum absolute atomic E-state index is 12.2. The molecule has 1 aromatic heterocycles. The normalized spacial score (nSPS) is 17.4. The van der Waals surface area contributed by atoms with Crippen LogP contribution in [0.3, 0.4) is 0 Å². The summed E-state index contributed by atoms with van der Waals surface area (Å²) in [5.41, 5.74) is 0.651. The van der Waals surface area contributed by atoms with Crippen molar-refractivity contribution in [1.29, 1.82) is 0 Å². The average Bonchev–Trinajstić information content (AvgIpc) is 3.15. The van der Waals surface area contributed by atoms with Crippen LogP contribution in [0, 0.1) is 5.92 Å². The summed E-state index contributed by atoms with van der Waals surface area (Å²) in [6.45, 7) is 2.61. The fourth-order valence-corrected chi connectivity index (χ4v) is 3.36. The molecular formula is C13H22N2O4S. The molecule has 7 heteroatoms. The van der Waals surface area contributed by atoms with Gasteiger partial charge in [0.1, 0.15) is 0 Å². The van der Waals surface area contributed by atoms with Crippen LogP contribution in [-0.2, 0) is 21.4 Å². The lowest BCUT2D eigenvalue weighted by Gasteiger charge is -2.11. The highest BCUT2D eigenvalue weighted by Crippen LogP contribution is 2.37. The van der Waals surface area contributed by atoms with Gasteiger partial charge in [-0.25, -0.2) is 13.1 Å². The molecule has 1 fully saturated rings. The number of aromatic nitrogens is 1. The fraction of sp³-hybridized carbons (Fsp3) is 0.692. The fourth-order valence-electron chi connectivity index (χ4n) is 2.14. The predicted octanol–water partition coefficient (Wildman–Crippen LogP) is 0.876. The Balaban J connectivity index is 2.09. The summed E-state index contributed by atoms with van der Waals surface area (Å²) >= 11 is 0. The lowest BCUT2D eigenvalue weighted by molar-refractivity contribution is 0.161. The van der Waals surface area contributed by atoms with Crippen molar-refractivity contribution < 1.29 is 18.3 Å². The van der Waals surface area contributed by atoms with Crippen molar-refractivity contribution in [2.24, 2.45) is 5.92 Å². The van der Waals surface area contributed by atoms with Gasteiger partial charge in [-0.2, -0.15) is 0 Å². The van der Waals surface area contributed by atoms with Gasteiger partial charge in [0.2, 0.25) is 10.0 Å². The molecule has 0 aromatic carbocycles. The second-order valence-corrected chi connectivity index (χ2v) is 7.14. The molecule has 0 spiro atoms. The Morgan fingerprint density at radius 2 is 2.25 bits per heavy atom. The number of nitrogens with zero attached hydrogens (tertiary/aromatic N) is 1. The Bertz CT molecular complexity index is 549. The van der Waals surface area contributed by atoms with E-state index in [9.17, 15) is 13.5 Å². The minimum Gasteiger partial charge on any atom is -0.390 e. The molecule has 20 heavy (non-hydrogen) atoms. The van der Waals surface area contributed by atoms with Gasteiger partial charge in [-0.1, -0.05) is 6.92 Å². The van der Waals surface area contributed by atoms with E-state index in [4.69, 9.17) is 4.74 Å². The average molecular weight is 302 g/mol. The molecule has 1 aliphatic rings. The second-order valence-electron chi connectivity index (χ2n) is 5.38. The Morgan fingerprint density at radius 3 is 2.80 bits per heavy atom. The highest BCUT2D eigenvalue weighted by Gasteiger charge is 2.28. The maximum atomic E-state index is 12.2. The minimum atomic E-state index is -3.53. The van der Waals surface area contributed by atoms with E-state index in [2.05, 4.69) is 4.72 Å². The number of aliphatic hydroxyl groups excluding tert-OH is 1. The number of methoxy groups -OCH3 is 1. The van der Waals surface area contributed by atoms with E-state index in [-0.39, 0.29) is 17.4 Å². The van der Waals surface area contributed by atoms with Gasteiger partial charge in [0.05, 0.1) is 11.5 Å². The summed E-state index contributed by atoms with van der Waals surface area (Å²) < 4.78 is 33.9. The number of sulfonamides is 1. The van der Waals surface area contributed by atoms with Gasteiger partial charge in [0.15, 0.2) is 0 Å². The Hall–Kier alpha value is -0.890. The van der Waals surface area contributed by atoms with Crippen LogP contribution >= 0.6 is 0 Å². The molecular weight excluding hydrogens is 280 g/mol. The zero-order valence-corrected chi connectivity index (χ0v) is 12.7. The number of rotatable bonds is 8. The van der Waals surface area contributed by atoms with Gasteiger partial charge in [-0.3, -0.25) is 0 Å². The van der Waals surface area contributed by atoms with E-state index in [1.54, 1.807) is 19.4 Å².